The summed E-state index contributed by atoms with van der Waals surface area (Å²) in [5.74, 6) is 0.907. The van der Waals surface area contributed by atoms with E-state index in [2.05, 4.69) is 4.99 Å². The minimum absolute atomic E-state index is 0.0657. The van der Waals surface area contributed by atoms with Crippen molar-refractivity contribution in [1.29, 1.82) is 0 Å². The second-order valence-corrected chi connectivity index (χ2v) is 6.21. The molecule has 0 radical (unpaired) electrons. The number of hydrogen-bond acceptors (Lipinski definition) is 3. The molecule has 0 aromatic heterocycles. The van der Waals surface area contributed by atoms with Crippen LogP contribution in [0.2, 0.25) is 10.0 Å². The summed E-state index contributed by atoms with van der Waals surface area (Å²) >= 11 is 12.5. The van der Waals surface area contributed by atoms with Crippen molar-refractivity contribution in [3.8, 4) is 5.75 Å². The number of halogens is 2. The normalized spacial score (nSPS) is 24.9. The van der Waals surface area contributed by atoms with Crippen LogP contribution in [0.5, 0.6) is 5.75 Å². The van der Waals surface area contributed by atoms with Gasteiger partial charge in [0.2, 0.25) is 5.91 Å². The van der Waals surface area contributed by atoms with Crippen molar-refractivity contribution in [3.63, 3.8) is 0 Å². The molecular formula is C15H16Cl2N2O2. The third kappa shape index (κ3) is 2.40. The van der Waals surface area contributed by atoms with Gasteiger partial charge in [0.05, 0.1) is 23.2 Å². The van der Waals surface area contributed by atoms with Crippen molar-refractivity contribution < 1.29 is 9.53 Å². The predicted molar refractivity (Wildman–Crippen MR) is 83.8 cm³/mol. The standard InChI is InChI=1S/C15H16Cl2N2O2/c1-8-11-5-9(7-19(11)13(20)6-18-8)14-12(21-2)4-3-10(16)15(14)17/h3-4,9,11H,5-7H2,1-2H3/t9-,11-/m0/s1. The number of fused-ring (bicyclic) bond motifs is 1. The monoisotopic (exact) mass is 326 g/mol. The zero-order valence-electron chi connectivity index (χ0n) is 11.9. The van der Waals surface area contributed by atoms with Gasteiger partial charge < -0.3 is 9.64 Å². The molecule has 2 heterocycles. The highest BCUT2D eigenvalue weighted by molar-refractivity contribution is 6.42. The first-order chi connectivity index (χ1) is 10.0. The number of aliphatic imine (C=N–C) groups is 1. The molecule has 0 aliphatic carbocycles. The van der Waals surface area contributed by atoms with Crippen LogP contribution in [0.4, 0.5) is 0 Å². The highest BCUT2D eigenvalue weighted by atomic mass is 35.5. The molecule has 112 valence electrons. The minimum Gasteiger partial charge on any atom is -0.496 e. The first-order valence-corrected chi connectivity index (χ1v) is 7.60. The minimum atomic E-state index is 0.0657. The molecule has 21 heavy (non-hydrogen) atoms. The molecule has 0 N–H and O–H groups in total. The van der Waals surface area contributed by atoms with Crippen LogP contribution in [0.1, 0.15) is 24.8 Å². The molecule has 0 bridgehead atoms. The summed E-state index contributed by atoms with van der Waals surface area (Å²) in [5, 5.41) is 1.02. The van der Waals surface area contributed by atoms with Gasteiger partial charge in [-0.2, -0.15) is 0 Å². The lowest BCUT2D eigenvalue weighted by molar-refractivity contribution is -0.130. The summed E-state index contributed by atoms with van der Waals surface area (Å²) in [7, 11) is 1.61. The summed E-state index contributed by atoms with van der Waals surface area (Å²) in [6.45, 7) is 2.85. The van der Waals surface area contributed by atoms with Crippen LogP contribution in [-0.4, -0.2) is 42.8 Å². The van der Waals surface area contributed by atoms with Crippen LogP contribution in [0.25, 0.3) is 0 Å². The fraction of sp³-hybridized carbons (Fsp3) is 0.467. The molecule has 0 spiro atoms. The van der Waals surface area contributed by atoms with Crippen LogP contribution in [0.3, 0.4) is 0 Å². The SMILES string of the molecule is COc1ccc(Cl)c(Cl)c1[C@H]1C[C@H]2C(C)=NCC(=O)N2C1. The first kappa shape index (κ1) is 14.7. The summed E-state index contributed by atoms with van der Waals surface area (Å²) < 4.78 is 5.42. The predicted octanol–water partition coefficient (Wildman–Crippen LogP) is 3.16. The molecule has 2 aliphatic rings. The van der Waals surface area contributed by atoms with Gasteiger partial charge in [0, 0.05) is 23.7 Å². The largest absolute Gasteiger partial charge is 0.496 e. The quantitative estimate of drug-likeness (QED) is 0.837. The zero-order chi connectivity index (χ0) is 15.1. The Bertz CT molecular complexity index is 630. The maximum absolute atomic E-state index is 12.0. The van der Waals surface area contributed by atoms with Crippen molar-refractivity contribution in [2.24, 2.45) is 4.99 Å². The van der Waals surface area contributed by atoms with Crippen molar-refractivity contribution in [2.75, 3.05) is 20.2 Å². The Morgan fingerprint density at radius 3 is 2.81 bits per heavy atom. The molecule has 1 amide bonds. The maximum Gasteiger partial charge on any atom is 0.244 e. The molecule has 6 heteroatoms. The molecule has 3 rings (SSSR count). The van der Waals surface area contributed by atoms with E-state index in [-0.39, 0.29) is 24.4 Å². The van der Waals surface area contributed by atoms with Gasteiger partial charge in [0.25, 0.3) is 0 Å². The van der Waals surface area contributed by atoms with Gasteiger partial charge >= 0.3 is 0 Å². The maximum atomic E-state index is 12.0. The lowest BCUT2D eigenvalue weighted by Crippen LogP contribution is -2.44. The van der Waals surface area contributed by atoms with Gasteiger partial charge in [-0.25, -0.2) is 0 Å². The molecule has 0 saturated carbocycles. The summed E-state index contributed by atoms with van der Waals surface area (Å²) in [6.07, 6.45) is 0.803. The number of methoxy groups -OCH3 is 1. The van der Waals surface area contributed by atoms with E-state index < -0.39 is 0 Å². The Morgan fingerprint density at radius 2 is 2.14 bits per heavy atom. The molecular weight excluding hydrogens is 311 g/mol. The topological polar surface area (TPSA) is 41.9 Å². The van der Waals surface area contributed by atoms with E-state index in [1.54, 1.807) is 13.2 Å². The highest BCUT2D eigenvalue weighted by Crippen LogP contribution is 2.43. The van der Waals surface area contributed by atoms with E-state index in [4.69, 9.17) is 27.9 Å². The second kappa shape index (κ2) is 5.50. The Labute approximate surface area is 133 Å². The number of carbonyl (C=O) groups excluding carboxylic acids is 1. The Kier molecular flexibility index (Phi) is 3.84. The van der Waals surface area contributed by atoms with E-state index in [0.29, 0.717) is 16.6 Å². The molecule has 1 saturated heterocycles. The zero-order valence-corrected chi connectivity index (χ0v) is 13.4. The average Bonchev–Trinajstić information content (AvgIpc) is 2.91. The summed E-state index contributed by atoms with van der Waals surface area (Å²) in [4.78, 5) is 18.2. The van der Waals surface area contributed by atoms with E-state index >= 15 is 0 Å². The smallest absolute Gasteiger partial charge is 0.244 e. The molecule has 2 atom stereocenters. The van der Waals surface area contributed by atoms with Crippen molar-refractivity contribution in [1.82, 2.24) is 4.90 Å². The van der Waals surface area contributed by atoms with Crippen molar-refractivity contribution in [3.05, 3.63) is 27.7 Å². The Hall–Kier alpha value is -1.26. The van der Waals surface area contributed by atoms with Gasteiger partial charge in [-0.15, -0.1) is 0 Å². The third-order valence-corrected chi connectivity index (χ3v) is 5.11. The lowest BCUT2D eigenvalue weighted by Gasteiger charge is -2.27. The molecule has 1 aromatic carbocycles. The van der Waals surface area contributed by atoms with E-state index in [1.165, 1.54) is 0 Å². The number of ether oxygens (including phenoxy) is 1. The molecule has 1 aromatic rings. The van der Waals surface area contributed by atoms with Crippen LogP contribution < -0.4 is 4.74 Å². The van der Waals surface area contributed by atoms with Crippen LogP contribution in [0, 0.1) is 0 Å². The third-order valence-electron chi connectivity index (χ3n) is 4.29. The van der Waals surface area contributed by atoms with Crippen LogP contribution in [0.15, 0.2) is 17.1 Å². The van der Waals surface area contributed by atoms with Crippen molar-refractivity contribution in [2.45, 2.75) is 25.3 Å². The summed E-state index contributed by atoms with van der Waals surface area (Å²) in [6, 6.07) is 3.62. The number of hydrogen-bond donors (Lipinski definition) is 0. The molecule has 1 fully saturated rings. The van der Waals surface area contributed by atoms with Gasteiger partial charge in [-0.3, -0.25) is 9.79 Å². The van der Waals surface area contributed by atoms with Gasteiger partial charge in [-0.05, 0) is 25.5 Å². The number of nitrogens with zero attached hydrogens (tertiary/aromatic N) is 2. The van der Waals surface area contributed by atoms with Gasteiger partial charge in [0.15, 0.2) is 0 Å². The number of benzene rings is 1. The van der Waals surface area contributed by atoms with Crippen LogP contribution >= 0.6 is 23.2 Å². The van der Waals surface area contributed by atoms with E-state index in [1.807, 2.05) is 17.9 Å². The first-order valence-electron chi connectivity index (χ1n) is 6.85. The Balaban J connectivity index is 1.99. The van der Waals surface area contributed by atoms with E-state index in [9.17, 15) is 4.79 Å². The number of rotatable bonds is 2. The molecule has 0 unspecified atom stereocenters. The van der Waals surface area contributed by atoms with Gasteiger partial charge in [0.1, 0.15) is 12.3 Å². The van der Waals surface area contributed by atoms with Crippen LogP contribution in [-0.2, 0) is 4.79 Å². The highest BCUT2D eigenvalue weighted by Gasteiger charge is 2.41. The van der Waals surface area contributed by atoms with Crippen molar-refractivity contribution >= 4 is 34.8 Å². The number of amides is 1. The average molecular weight is 327 g/mol. The van der Waals surface area contributed by atoms with Gasteiger partial charge in [-0.1, -0.05) is 23.2 Å². The molecule has 2 aliphatic heterocycles. The molecule has 4 nitrogen and oxygen atoms in total. The summed E-state index contributed by atoms with van der Waals surface area (Å²) in [5.41, 5.74) is 1.90. The number of carbonyl (C=O) groups is 1. The van der Waals surface area contributed by atoms with E-state index in [0.717, 1.165) is 23.4 Å². The fourth-order valence-corrected chi connectivity index (χ4v) is 3.69. The Morgan fingerprint density at radius 1 is 1.38 bits per heavy atom. The second-order valence-electron chi connectivity index (χ2n) is 5.43. The fourth-order valence-electron chi connectivity index (χ4n) is 3.21. The lowest BCUT2D eigenvalue weighted by atomic mass is 9.94.